The topological polar surface area (TPSA) is 77.5 Å². The SMILES string of the molecule is COC(=O)c1c(C(C)(O)CN)c(C)n(C)c1C. The van der Waals surface area contributed by atoms with Crippen molar-refractivity contribution in [1.29, 1.82) is 0 Å². The molecule has 17 heavy (non-hydrogen) atoms. The Morgan fingerprint density at radius 1 is 1.47 bits per heavy atom. The predicted molar refractivity (Wildman–Crippen MR) is 64.9 cm³/mol. The second kappa shape index (κ2) is 4.50. The van der Waals surface area contributed by atoms with E-state index in [9.17, 15) is 9.90 Å². The van der Waals surface area contributed by atoms with Crippen molar-refractivity contribution in [3.05, 3.63) is 22.5 Å². The van der Waals surface area contributed by atoms with Crippen LogP contribution < -0.4 is 5.73 Å². The van der Waals surface area contributed by atoms with E-state index in [1.807, 2.05) is 25.5 Å². The molecule has 1 unspecified atom stereocenters. The van der Waals surface area contributed by atoms with Crippen LogP contribution in [0.25, 0.3) is 0 Å². The van der Waals surface area contributed by atoms with Crippen LogP contribution in [0.3, 0.4) is 0 Å². The summed E-state index contributed by atoms with van der Waals surface area (Å²) in [7, 11) is 3.16. The van der Waals surface area contributed by atoms with Gasteiger partial charge >= 0.3 is 5.97 Å². The Morgan fingerprint density at radius 2 is 2.00 bits per heavy atom. The first kappa shape index (κ1) is 13.7. The molecule has 0 radical (unpaired) electrons. The molecule has 5 heteroatoms. The average Bonchev–Trinajstić information content (AvgIpc) is 2.53. The van der Waals surface area contributed by atoms with Crippen molar-refractivity contribution in [2.45, 2.75) is 26.4 Å². The lowest BCUT2D eigenvalue weighted by Crippen LogP contribution is -2.33. The predicted octanol–water partition coefficient (Wildman–Crippen LogP) is 0.595. The lowest BCUT2D eigenvalue weighted by atomic mass is 9.92. The highest BCUT2D eigenvalue weighted by molar-refractivity contribution is 5.93. The van der Waals surface area contributed by atoms with E-state index in [4.69, 9.17) is 10.5 Å². The summed E-state index contributed by atoms with van der Waals surface area (Å²) in [5.74, 6) is -0.449. The average molecular weight is 240 g/mol. The number of aromatic nitrogens is 1. The van der Waals surface area contributed by atoms with Crippen LogP contribution in [0.5, 0.6) is 0 Å². The molecule has 1 atom stereocenters. The number of carbonyl (C=O) groups excluding carboxylic acids is 1. The second-order valence-electron chi connectivity index (χ2n) is 4.45. The largest absolute Gasteiger partial charge is 0.465 e. The Morgan fingerprint density at radius 3 is 2.41 bits per heavy atom. The van der Waals surface area contributed by atoms with Crippen LogP contribution in [0.4, 0.5) is 0 Å². The third kappa shape index (κ3) is 2.08. The number of nitrogens with zero attached hydrogens (tertiary/aromatic N) is 1. The van der Waals surface area contributed by atoms with Crippen molar-refractivity contribution in [2.24, 2.45) is 12.8 Å². The minimum atomic E-state index is -1.24. The van der Waals surface area contributed by atoms with Gasteiger partial charge in [0.25, 0.3) is 0 Å². The Hall–Kier alpha value is -1.33. The highest BCUT2D eigenvalue weighted by atomic mass is 16.5. The quantitative estimate of drug-likeness (QED) is 0.758. The van der Waals surface area contributed by atoms with Crippen LogP contribution in [0.15, 0.2) is 0 Å². The minimum absolute atomic E-state index is 0.0429. The maximum absolute atomic E-state index is 11.8. The van der Waals surface area contributed by atoms with Crippen LogP contribution in [0, 0.1) is 13.8 Å². The molecule has 0 spiro atoms. The molecule has 0 fully saturated rings. The Balaban J connectivity index is 3.58. The smallest absolute Gasteiger partial charge is 0.340 e. The van der Waals surface area contributed by atoms with Crippen LogP contribution in [0.2, 0.25) is 0 Å². The first-order valence-corrected chi connectivity index (χ1v) is 5.45. The fraction of sp³-hybridized carbons (Fsp3) is 0.583. The van der Waals surface area contributed by atoms with Gasteiger partial charge in [0, 0.05) is 30.5 Å². The molecule has 96 valence electrons. The molecule has 3 N–H and O–H groups in total. The van der Waals surface area contributed by atoms with Gasteiger partial charge in [-0.3, -0.25) is 0 Å². The number of aliphatic hydroxyl groups is 1. The molecule has 0 aromatic carbocycles. The summed E-state index contributed by atoms with van der Waals surface area (Å²) in [4.78, 5) is 11.8. The third-order valence-electron chi connectivity index (χ3n) is 3.31. The van der Waals surface area contributed by atoms with E-state index in [1.54, 1.807) is 6.92 Å². The normalized spacial score (nSPS) is 14.5. The van der Waals surface area contributed by atoms with Gasteiger partial charge in [-0.2, -0.15) is 0 Å². The highest BCUT2D eigenvalue weighted by Crippen LogP contribution is 2.31. The summed E-state index contributed by atoms with van der Waals surface area (Å²) in [6.07, 6.45) is 0. The molecule has 0 saturated carbocycles. The Bertz CT molecular complexity index is 447. The Labute approximate surface area is 101 Å². The van der Waals surface area contributed by atoms with Gasteiger partial charge < -0.3 is 20.1 Å². The zero-order valence-electron chi connectivity index (χ0n) is 11.0. The summed E-state index contributed by atoms with van der Waals surface area (Å²) in [6.45, 7) is 5.30. The van der Waals surface area contributed by atoms with Gasteiger partial charge in [-0.05, 0) is 20.8 Å². The molecule has 0 saturated heterocycles. The molecule has 1 aromatic heterocycles. The number of rotatable bonds is 3. The molecule has 5 nitrogen and oxygen atoms in total. The maximum atomic E-state index is 11.8. The number of nitrogens with two attached hydrogens (primary N) is 1. The molecule has 0 amide bonds. The van der Waals surface area contributed by atoms with E-state index in [0.29, 0.717) is 11.1 Å². The number of carbonyl (C=O) groups is 1. The molecular weight excluding hydrogens is 220 g/mol. The van der Waals surface area contributed by atoms with E-state index in [-0.39, 0.29) is 6.54 Å². The molecule has 0 aliphatic carbocycles. The molecule has 0 aliphatic heterocycles. The van der Waals surface area contributed by atoms with E-state index in [0.717, 1.165) is 11.4 Å². The molecular formula is C12H20N2O3. The molecule has 1 heterocycles. The summed E-state index contributed by atoms with van der Waals surface area (Å²) in [5.41, 5.74) is 6.86. The van der Waals surface area contributed by atoms with E-state index in [1.165, 1.54) is 7.11 Å². The van der Waals surface area contributed by atoms with Gasteiger partial charge in [0.15, 0.2) is 0 Å². The Kier molecular flexibility index (Phi) is 3.64. The van der Waals surface area contributed by atoms with E-state index < -0.39 is 11.6 Å². The van der Waals surface area contributed by atoms with Gasteiger partial charge in [0.05, 0.1) is 12.7 Å². The third-order valence-corrected chi connectivity index (χ3v) is 3.31. The summed E-state index contributed by atoms with van der Waals surface area (Å²) >= 11 is 0. The van der Waals surface area contributed by atoms with Crippen LogP contribution in [-0.4, -0.2) is 29.3 Å². The lowest BCUT2D eigenvalue weighted by Gasteiger charge is -2.23. The van der Waals surface area contributed by atoms with Crippen LogP contribution in [0.1, 0.15) is 34.2 Å². The fourth-order valence-electron chi connectivity index (χ4n) is 2.06. The van der Waals surface area contributed by atoms with Gasteiger partial charge in [-0.15, -0.1) is 0 Å². The first-order chi connectivity index (χ1) is 7.77. The first-order valence-electron chi connectivity index (χ1n) is 5.45. The van der Waals surface area contributed by atoms with Crippen molar-refractivity contribution < 1.29 is 14.6 Å². The van der Waals surface area contributed by atoms with Gasteiger partial charge in [0.1, 0.15) is 5.60 Å². The number of hydrogen-bond acceptors (Lipinski definition) is 4. The lowest BCUT2D eigenvalue weighted by molar-refractivity contribution is 0.0526. The van der Waals surface area contributed by atoms with Crippen molar-refractivity contribution in [3.63, 3.8) is 0 Å². The summed E-state index contributed by atoms with van der Waals surface area (Å²) in [6, 6.07) is 0. The van der Waals surface area contributed by atoms with Gasteiger partial charge in [-0.1, -0.05) is 0 Å². The van der Waals surface area contributed by atoms with Crippen LogP contribution in [-0.2, 0) is 17.4 Å². The molecule has 1 rings (SSSR count). The molecule has 1 aromatic rings. The number of methoxy groups -OCH3 is 1. The fourth-order valence-corrected chi connectivity index (χ4v) is 2.06. The van der Waals surface area contributed by atoms with Gasteiger partial charge in [-0.25, -0.2) is 4.79 Å². The van der Waals surface area contributed by atoms with E-state index in [2.05, 4.69) is 0 Å². The summed E-state index contributed by atoms with van der Waals surface area (Å²) < 4.78 is 6.61. The van der Waals surface area contributed by atoms with Crippen molar-refractivity contribution in [2.75, 3.05) is 13.7 Å². The highest BCUT2D eigenvalue weighted by Gasteiger charge is 2.33. The van der Waals surface area contributed by atoms with Crippen molar-refractivity contribution >= 4 is 5.97 Å². The molecule has 0 aliphatic rings. The zero-order chi connectivity index (χ0) is 13.4. The molecule has 0 bridgehead atoms. The maximum Gasteiger partial charge on any atom is 0.340 e. The second-order valence-corrected chi connectivity index (χ2v) is 4.45. The standard InChI is InChI=1S/C12H20N2O3/c1-7-9(11(15)17-5)10(8(2)14(7)4)12(3,16)6-13/h16H,6,13H2,1-5H3. The van der Waals surface area contributed by atoms with Crippen molar-refractivity contribution in [1.82, 2.24) is 4.57 Å². The van der Waals surface area contributed by atoms with Crippen molar-refractivity contribution in [3.8, 4) is 0 Å². The zero-order valence-corrected chi connectivity index (χ0v) is 11.0. The number of esters is 1. The number of hydrogen-bond donors (Lipinski definition) is 2. The minimum Gasteiger partial charge on any atom is -0.465 e. The van der Waals surface area contributed by atoms with Crippen LogP contribution >= 0.6 is 0 Å². The summed E-state index contributed by atoms with van der Waals surface area (Å²) in [5, 5.41) is 10.3. The van der Waals surface area contributed by atoms with Gasteiger partial charge in [0.2, 0.25) is 0 Å². The number of ether oxygens (including phenoxy) is 1. The van der Waals surface area contributed by atoms with E-state index >= 15 is 0 Å². The monoisotopic (exact) mass is 240 g/mol.